The molecule has 0 aliphatic carbocycles. The van der Waals surface area contributed by atoms with E-state index in [9.17, 15) is 4.79 Å². The standard InChI is InChI=1S/C15H22N2O2/c1-2-14-11-19-9-8-17(14)15(18)13-5-3-4-12(10-13)6-7-16/h3-5,10,14H,2,6-9,11,16H2,1H3. The Morgan fingerprint density at radius 3 is 3.11 bits per heavy atom. The molecule has 1 aromatic carbocycles. The van der Waals surface area contributed by atoms with Crippen molar-refractivity contribution in [3.63, 3.8) is 0 Å². The summed E-state index contributed by atoms with van der Waals surface area (Å²) in [4.78, 5) is 14.5. The molecule has 1 aromatic rings. The number of morpholine rings is 1. The van der Waals surface area contributed by atoms with Gasteiger partial charge in [-0.3, -0.25) is 4.79 Å². The van der Waals surface area contributed by atoms with Crippen LogP contribution in [-0.2, 0) is 11.2 Å². The molecular weight excluding hydrogens is 240 g/mol. The summed E-state index contributed by atoms with van der Waals surface area (Å²) >= 11 is 0. The summed E-state index contributed by atoms with van der Waals surface area (Å²) in [5, 5.41) is 0. The molecule has 0 spiro atoms. The molecule has 1 atom stereocenters. The van der Waals surface area contributed by atoms with E-state index in [2.05, 4.69) is 6.92 Å². The molecule has 104 valence electrons. The zero-order valence-corrected chi connectivity index (χ0v) is 11.5. The first-order valence-electron chi connectivity index (χ1n) is 6.94. The second-order valence-corrected chi connectivity index (χ2v) is 4.87. The van der Waals surface area contributed by atoms with Gasteiger partial charge in [-0.1, -0.05) is 19.1 Å². The highest BCUT2D eigenvalue weighted by atomic mass is 16.5. The number of hydrogen-bond donors (Lipinski definition) is 1. The molecule has 0 radical (unpaired) electrons. The quantitative estimate of drug-likeness (QED) is 0.893. The number of amides is 1. The molecule has 0 bridgehead atoms. The van der Waals surface area contributed by atoms with Crippen LogP contribution in [0.5, 0.6) is 0 Å². The number of carbonyl (C=O) groups excluding carboxylic acids is 1. The highest BCUT2D eigenvalue weighted by Crippen LogP contribution is 2.16. The minimum Gasteiger partial charge on any atom is -0.377 e. The molecule has 0 saturated carbocycles. The Labute approximate surface area is 114 Å². The number of rotatable bonds is 4. The van der Waals surface area contributed by atoms with Gasteiger partial charge >= 0.3 is 0 Å². The predicted octanol–water partition coefficient (Wildman–Crippen LogP) is 1.44. The summed E-state index contributed by atoms with van der Waals surface area (Å²) in [6, 6.07) is 7.97. The Bertz CT molecular complexity index is 434. The first kappa shape index (κ1) is 14.0. The van der Waals surface area contributed by atoms with E-state index in [0.717, 1.165) is 24.0 Å². The van der Waals surface area contributed by atoms with E-state index >= 15 is 0 Å². The molecule has 0 aromatic heterocycles. The highest BCUT2D eigenvalue weighted by molar-refractivity contribution is 5.94. The van der Waals surface area contributed by atoms with Gasteiger partial charge in [-0.15, -0.1) is 0 Å². The predicted molar refractivity (Wildman–Crippen MR) is 75.1 cm³/mol. The Balaban J connectivity index is 2.15. The fourth-order valence-electron chi connectivity index (χ4n) is 2.45. The van der Waals surface area contributed by atoms with Gasteiger partial charge in [-0.05, 0) is 37.1 Å². The van der Waals surface area contributed by atoms with Gasteiger partial charge in [-0.2, -0.15) is 0 Å². The van der Waals surface area contributed by atoms with Crippen LogP contribution in [-0.4, -0.2) is 43.2 Å². The molecule has 19 heavy (non-hydrogen) atoms. The van der Waals surface area contributed by atoms with E-state index in [1.54, 1.807) is 0 Å². The van der Waals surface area contributed by atoms with Crippen LogP contribution in [0.4, 0.5) is 0 Å². The van der Waals surface area contributed by atoms with Crippen molar-refractivity contribution in [3.05, 3.63) is 35.4 Å². The minimum atomic E-state index is 0.106. The molecule has 1 heterocycles. The van der Waals surface area contributed by atoms with Crippen molar-refractivity contribution in [3.8, 4) is 0 Å². The lowest BCUT2D eigenvalue weighted by molar-refractivity contribution is -0.00280. The molecule has 1 fully saturated rings. The molecule has 4 heteroatoms. The van der Waals surface area contributed by atoms with Crippen LogP contribution in [0, 0.1) is 0 Å². The van der Waals surface area contributed by atoms with Gasteiger partial charge in [0.05, 0.1) is 19.3 Å². The second kappa shape index (κ2) is 6.68. The molecule has 1 unspecified atom stereocenters. The minimum absolute atomic E-state index is 0.106. The zero-order valence-electron chi connectivity index (χ0n) is 11.5. The van der Waals surface area contributed by atoms with Crippen LogP contribution < -0.4 is 5.73 Å². The topological polar surface area (TPSA) is 55.6 Å². The van der Waals surface area contributed by atoms with Gasteiger partial charge in [0.1, 0.15) is 0 Å². The average molecular weight is 262 g/mol. The first-order chi connectivity index (χ1) is 9.26. The maximum atomic E-state index is 12.6. The van der Waals surface area contributed by atoms with Gasteiger partial charge in [-0.25, -0.2) is 0 Å². The Morgan fingerprint density at radius 1 is 1.53 bits per heavy atom. The summed E-state index contributed by atoms with van der Waals surface area (Å²) < 4.78 is 5.44. The van der Waals surface area contributed by atoms with Gasteiger partial charge < -0.3 is 15.4 Å². The Kier molecular flexibility index (Phi) is 4.93. The summed E-state index contributed by atoms with van der Waals surface area (Å²) in [6.07, 6.45) is 1.73. The summed E-state index contributed by atoms with van der Waals surface area (Å²) in [5.41, 5.74) is 7.44. The zero-order chi connectivity index (χ0) is 13.7. The van der Waals surface area contributed by atoms with Crippen LogP contribution in [0.1, 0.15) is 29.3 Å². The van der Waals surface area contributed by atoms with Crippen molar-refractivity contribution >= 4 is 5.91 Å². The highest BCUT2D eigenvalue weighted by Gasteiger charge is 2.26. The van der Waals surface area contributed by atoms with Crippen LogP contribution in [0.15, 0.2) is 24.3 Å². The number of ether oxygens (including phenoxy) is 1. The molecule has 1 saturated heterocycles. The van der Waals surface area contributed by atoms with E-state index in [4.69, 9.17) is 10.5 Å². The molecule has 1 aliphatic rings. The van der Waals surface area contributed by atoms with Crippen LogP contribution in [0.2, 0.25) is 0 Å². The molecule has 2 rings (SSSR count). The van der Waals surface area contributed by atoms with Crippen molar-refractivity contribution in [1.29, 1.82) is 0 Å². The van der Waals surface area contributed by atoms with Gasteiger partial charge in [0.2, 0.25) is 0 Å². The number of benzene rings is 1. The van der Waals surface area contributed by atoms with Crippen molar-refractivity contribution in [2.75, 3.05) is 26.3 Å². The number of nitrogens with zero attached hydrogens (tertiary/aromatic N) is 1. The molecule has 4 nitrogen and oxygen atoms in total. The van der Waals surface area contributed by atoms with Crippen molar-refractivity contribution in [2.24, 2.45) is 5.73 Å². The lowest BCUT2D eigenvalue weighted by atomic mass is 10.1. The van der Waals surface area contributed by atoms with E-state index < -0.39 is 0 Å². The summed E-state index contributed by atoms with van der Waals surface area (Å²) in [5.74, 6) is 0.106. The van der Waals surface area contributed by atoms with Crippen molar-refractivity contribution < 1.29 is 9.53 Å². The number of carbonyl (C=O) groups is 1. The second-order valence-electron chi connectivity index (χ2n) is 4.87. The van der Waals surface area contributed by atoms with Crippen LogP contribution in [0.25, 0.3) is 0 Å². The Morgan fingerprint density at radius 2 is 2.37 bits per heavy atom. The molecule has 2 N–H and O–H groups in total. The molecular formula is C15H22N2O2. The largest absolute Gasteiger partial charge is 0.377 e. The van der Waals surface area contributed by atoms with Crippen LogP contribution in [0.3, 0.4) is 0 Å². The summed E-state index contributed by atoms with van der Waals surface area (Å²) in [6.45, 7) is 4.64. The van der Waals surface area contributed by atoms with E-state index in [0.29, 0.717) is 26.3 Å². The normalized spacial score (nSPS) is 19.5. The molecule has 1 aliphatic heterocycles. The van der Waals surface area contributed by atoms with Crippen molar-refractivity contribution in [1.82, 2.24) is 4.90 Å². The summed E-state index contributed by atoms with van der Waals surface area (Å²) in [7, 11) is 0. The third-order valence-electron chi connectivity index (χ3n) is 3.57. The Hall–Kier alpha value is -1.39. The van der Waals surface area contributed by atoms with Crippen molar-refractivity contribution in [2.45, 2.75) is 25.8 Å². The third-order valence-corrected chi connectivity index (χ3v) is 3.57. The van der Waals surface area contributed by atoms with Gasteiger partial charge in [0, 0.05) is 12.1 Å². The lowest BCUT2D eigenvalue weighted by Gasteiger charge is -2.35. The maximum Gasteiger partial charge on any atom is 0.254 e. The average Bonchev–Trinajstić information content (AvgIpc) is 2.47. The smallest absolute Gasteiger partial charge is 0.254 e. The van der Waals surface area contributed by atoms with E-state index in [1.165, 1.54) is 0 Å². The monoisotopic (exact) mass is 262 g/mol. The van der Waals surface area contributed by atoms with Crippen LogP contribution >= 0.6 is 0 Å². The maximum absolute atomic E-state index is 12.6. The van der Waals surface area contributed by atoms with Gasteiger partial charge in [0.25, 0.3) is 5.91 Å². The lowest BCUT2D eigenvalue weighted by Crippen LogP contribution is -2.48. The number of nitrogens with two attached hydrogens (primary N) is 1. The van der Waals surface area contributed by atoms with E-state index in [1.807, 2.05) is 29.2 Å². The fraction of sp³-hybridized carbons (Fsp3) is 0.533. The molecule has 1 amide bonds. The fourth-order valence-corrected chi connectivity index (χ4v) is 2.45. The number of hydrogen-bond acceptors (Lipinski definition) is 3. The van der Waals surface area contributed by atoms with E-state index in [-0.39, 0.29) is 11.9 Å². The third kappa shape index (κ3) is 3.33. The first-order valence-corrected chi connectivity index (χ1v) is 6.94. The SMILES string of the molecule is CCC1COCCN1C(=O)c1cccc(CCN)c1. The van der Waals surface area contributed by atoms with Gasteiger partial charge in [0.15, 0.2) is 0 Å².